The Hall–Kier alpha value is -3.52. The summed E-state index contributed by atoms with van der Waals surface area (Å²) in [5, 5.41) is 18.2. The fraction of sp³-hybridized carbons (Fsp3) is 0.429. The van der Waals surface area contributed by atoms with Crippen LogP contribution in [0.15, 0.2) is 91.0 Å². The lowest BCUT2D eigenvalue weighted by atomic mass is 9.79. The van der Waals surface area contributed by atoms with Crippen molar-refractivity contribution >= 4 is 11.8 Å². The zero-order valence-corrected chi connectivity index (χ0v) is 24.0. The number of hydrogen-bond donors (Lipinski definition) is 3. The lowest BCUT2D eigenvalue weighted by molar-refractivity contribution is -0.147. The molecule has 3 aliphatic rings. The normalized spacial score (nSPS) is 26.3. The van der Waals surface area contributed by atoms with E-state index in [1.807, 2.05) is 66.7 Å². The maximum absolute atomic E-state index is 13.7. The molecule has 2 saturated carbocycles. The molecule has 0 aromatic heterocycles. The van der Waals surface area contributed by atoms with Gasteiger partial charge in [-0.2, -0.15) is 0 Å². The van der Waals surface area contributed by atoms with Gasteiger partial charge in [-0.15, -0.1) is 0 Å². The molecule has 6 rings (SSSR count). The number of nitrogens with zero attached hydrogens (tertiary/aromatic N) is 1. The van der Waals surface area contributed by atoms with Gasteiger partial charge in [-0.25, -0.2) is 0 Å². The number of amides is 2. The van der Waals surface area contributed by atoms with Gasteiger partial charge in [0.2, 0.25) is 5.91 Å². The first-order valence-electron chi connectivity index (χ1n) is 15.2. The molecule has 0 bridgehead atoms. The number of piperidine rings is 1. The molecule has 5 unspecified atom stereocenters. The van der Waals surface area contributed by atoms with E-state index in [1.54, 1.807) is 0 Å². The number of rotatable bonds is 12. The van der Waals surface area contributed by atoms with Crippen LogP contribution >= 0.6 is 0 Å². The number of hydrogen-bond acceptors (Lipinski definition) is 5. The second-order valence-electron chi connectivity index (χ2n) is 12.3. The molecule has 7 nitrogen and oxygen atoms in total. The van der Waals surface area contributed by atoms with Crippen LogP contribution in [0.3, 0.4) is 0 Å². The smallest absolute Gasteiger partial charge is 0.256 e. The lowest BCUT2D eigenvalue weighted by Crippen LogP contribution is -2.50. The van der Waals surface area contributed by atoms with Gasteiger partial charge in [0.25, 0.3) is 5.91 Å². The molecule has 1 heterocycles. The summed E-state index contributed by atoms with van der Waals surface area (Å²) in [5.41, 5.74) is 1.32. The Morgan fingerprint density at radius 1 is 0.857 bits per heavy atom. The molecule has 220 valence electrons. The summed E-state index contributed by atoms with van der Waals surface area (Å²) in [7, 11) is 0. The van der Waals surface area contributed by atoms with Crippen molar-refractivity contribution in [3.8, 4) is 0 Å². The number of aliphatic hydroxyl groups is 1. The van der Waals surface area contributed by atoms with Gasteiger partial charge in [0, 0.05) is 38.1 Å². The van der Waals surface area contributed by atoms with Gasteiger partial charge < -0.3 is 20.5 Å². The van der Waals surface area contributed by atoms with Crippen LogP contribution in [0.5, 0.6) is 0 Å². The second-order valence-corrected chi connectivity index (χ2v) is 12.3. The summed E-state index contributed by atoms with van der Waals surface area (Å²) in [4.78, 5) is 28.8. The minimum absolute atomic E-state index is 0.0218. The third-order valence-electron chi connectivity index (χ3n) is 9.49. The summed E-state index contributed by atoms with van der Waals surface area (Å²) in [6.45, 7) is 4.03. The fourth-order valence-corrected chi connectivity index (χ4v) is 7.20. The van der Waals surface area contributed by atoms with E-state index >= 15 is 0 Å². The average Bonchev–Trinajstić information content (AvgIpc) is 3.31. The Labute approximate surface area is 248 Å². The maximum atomic E-state index is 13.7. The van der Waals surface area contributed by atoms with Gasteiger partial charge in [0.1, 0.15) is 6.61 Å². The number of fused-ring (bicyclic) bond motifs is 1. The Kier molecular flexibility index (Phi) is 8.70. The van der Waals surface area contributed by atoms with Gasteiger partial charge in [0.05, 0.1) is 6.61 Å². The zero-order chi connectivity index (χ0) is 28.9. The van der Waals surface area contributed by atoms with Crippen molar-refractivity contribution in [2.75, 3.05) is 26.2 Å². The molecule has 3 aromatic carbocycles. The van der Waals surface area contributed by atoms with Crippen LogP contribution in [-0.4, -0.2) is 54.1 Å². The molecule has 2 aliphatic carbocycles. The van der Waals surface area contributed by atoms with E-state index in [0.29, 0.717) is 55.7 Å². The first-order chi connectivity index (χ1) is 20.5. The van der Waals surface area contributed by atoms with Crippen LogP contribution in [0.1, 0.15) is 36.0 Å². The molecule has 3 fully saturated rings. The SMILES string of the molecule is O=C(COCc1ccccc1)NC1CCC(C(O)(C(=O)NCC2C3CN(Cc4ccccc4)CC23)c2ccccc2)C1. The van der Waals surface area contributed by atoms with Crippen LogP contribution < -0.4 is 10.6 Å². The van der Waals surface area contributed by atoms with Crippen molar-refractivity contribution in [3.05, 3.63) is 108 Å². The van der Waals surface area contributed by atoms with Gasteiger partial charge in [0.15, 0.2) is 5.60 Å². The van der Waals surface area contributed by atoms with E-state index in [1.165, 1.54) is 5.56 Å². The highest BCUT2D eigenvalue weighted by molar-refractivity contribution is 5.87. The minimum atomic E-state index is -1.64. The molecule has 2 amide bonds. The topological polar surface area (TPSA) is 90.9 Å². The number of carbonyl (C=O) groups is 2. The van der Waals surface area contributed by atoms with Crippen molar-refractivity contribution in [3.63, 3.8) is 0 Å². The van der Waals surface area contributed by atoms with Crippen LogP contribution in [0.2, 0.25) is 0 Å². The molecular formula is C35H41N3O4. The Balaban J connectivity index is 1.01. The van der Waals surface area contributed by atoms with E-state index in [2.05, 4.69) is 39.8 Å². The fourth-order valence-electron chi connectivity index (χ4n) is 7.20. The third-order valence-corrected chi connectivity index (χ3v) is 9.49. The molecule has 7 heteroatoms. The van der Waals surface area contributed by atoms with E-state index < -0.39 is 5.60 Å². The summed E-state index contributed by atoms with van der Waals surface area (Å²) in [6, 6.07) is 29.5. The van der Waals surface area contributed by atoms with E-state index in [0.717, 1.165) is 25.2 Å². The molecule has 1 aliphatic heterocycles. The Morgan fingerprint density at radius 3 is 2.14 bits per heavy atom. The molecule has 0 radical (unpaired) electrons. The molecular weight excluding hydrogens is 526 g/mol. The van der Waals surface area contributed by atoms with Crippen molar-refractivity contribution in [2.45, 2.75) is 44.1 Å². The quantitative estimate of drug-likeness (QED) is 0.309. The van der Waals surface area contributed by atoms with Crippen molar-refractivity contribution in [1.29, 1.82) is 0 Å². The number of benzene rings is 3. The molecule has 5 atom stereocenters. The average molecular weight is 568 g/mol. The number of likely N-dealkylation sites (tertiary alicyclic amines) is 1. The predicted octanol–water partition coefficient (Wildman–Crippen LogP) is 3.87. The monoisotopic (exact) mass is 567 g/mol. The molecule has 3 N–H and O–H groups in total. The molecule has 0 spiro atoms. The summed E-state index contributed by atoms with van der Waals surface area (Å²) < 4.78 is 5.59. The number of carbonyl (C=O) groups excluding carboxylic acids is 2. The van der Waals surface area contributed by atoms with Crippen molar-refractivity contribution < 1.29 is 19.4 Å². The molecule has 42 heavy (non-hydrogen) atoms. The van der Waals surface area contributed by atoms with Crippen molar-refractivity contribution in [2.24, 2.45) is 23.7 Å². The zero-order valence-electron chi connectivity index (χ0n) is 24.0. The Morgan fingerprint density at radius 2 is 1.48 bits per heavy atom. The van der Waals surface area contributed by atoms with Gasteiger partial charge >= 0.3 is 0 Å². The standard InChI is InChI=1S/C35H41N3O4/c39-33(24-42-23-26-12-6-2-7-13-26)37-29-17-16-28(18-29)35(41,27-14-8-3-9-15-27)34(40)36-19-30-31-21-38(22-32(30)31)20-25-10-4-1-5-11-25/h1-15,28-32,41H,16-24H2,(H,36,40)(H,37,39). The number of nitrogens with one attached hydrogen (secondary N) is 2. The first kappa shape index (κ1) is 28.6. The highest BCUT2D eigenvalue weighted by Crippen LogP contribution is 2.51. The van der Waals surface area contributed by atoms with Gasteiger partial charge in [-0.05, 0) is 53.7 Å². The molecule has 1 saturated heterocycles. The van der Waals surface area contributed by atoms with Crippen LogP contribution in [-0.2, 0) is 33.1 Å². The van der Waals surface area contributed by atoms with E-state index in [9.17, 15) is 14.7 Å². The van der Waals surface area contributed by atoms with Gasteiger partial charge in [-0.3, -0.25) is 14.5 Å². The third kappa shape index (κ3) is 6.43. The highest BCUT2D eigenvalue weighted by Gasteiger charge is 2.56. The first-order valence-corrected chi connectivity index (χ1v) is 15.2. The lowest BCUT2D eigenvalue weighted by Gasteiger charge is -2.33. The second kappa shape index (κ2) is 12.8. The van der Waals surface area contributed by atoms with E-state index in [4.69, 9.17) is 4.74 Å². The van der Waals surface area contributed by atoms with Crippen LogP contribution in [0.25, 0.3) is 0 Å². The summed E-state index contributed by atoms with van der Waals surface area (Å²) in [5.74, 6) is 0.875. The maximum Gasteiger partial charge on any atom is 0.256 e. The largest absolute Gasteiger partial charge is 0.375 e. The number of ether oxygens (including phenoxy) is 1. The van der Waals surface area contributed by atoms with E-state index in [-0.39, 0.29) is 30.4 Å². The summed E-state index contributed by atoms with van der Waals surface area (Å²) >= 11 is 0. The minimum Gasteiger partial charge on any atom is -0.375 e. The highest BCUT2D eigenvalue weighted by atomic mass is 16.5. The summed E-state index contributed by atoms with van der Waals surface area (Å²) in [6.07, 6.45) is 1.89. The van der Waals surface area contributed by atoms with Crippen LogP contribution in [0.4, 0.5) is 0 Å². The van der Waals surface area contributed by atoms with Gasteiger partial charge in [-0.1, -0.05) is 91.0 Å². The molecule has 3 aromatic rings. The van der Waals surface area contributed by atoms with Crippen LogP contribution in [0, 0.1) is 23.7 Å². The Bertz CT molecular complexity index is 1330. The van der Waals surface area contributed by atoms with Crippen molar-refractivity contribution in [1.82, 2.24) is 15.5 Å². The predicted molar refractivity (Wildman–Crippen MR) is 161 cm³/mol.